The zero-order chi connectivity index (χ0) is 20.1. The summed E-state index contributed by atoms with van der Waals surface area (Å²) in [6.45, 7) is 9.53. The average molecular weight is 377 g/mol. The predicted molar refractivity (Wildman–Crippen MR) is 119 cm³/mol. The molecule has 0 aliphatic heterocycles. The number of benzene rings is 2. The minimum absolute atomic E-state index is 0.235. The van der Waals surface area contributed by atoms with Gasteiger partial charge in [-0.15, -0.1) is 0 Å². The van der Waals surface area contributed by atoms with Gasteiger partial charge in [-0.3, -0.25) is 0 Å². The maximum Gasteiger partial charge on any atom is 0.338 e. The molecule has 2 aromatic carbocycles. The van der Waals surface area contributed by atoms with Crippen molar-refractivity contribution in [3.05, 3.63) is 64.7 Å². The molecular weight excluding hydrogens is 344 g/mol. The van der Waals surface area contributed by atoms with Crippen molar-refractivity contribution in [2.45, 2.75) is 59.8 Å². The van der Waals surface area contributed by atoms with Crippen LogP contribution in [0.4, 0.5) is 0 Å². The summed E-state index contributed by atoms with van der Waals surface area (Å²) in [5, 5.41) is 2.20. The van der Waals surface area contributed by atoms with Gasteiger partial charge < -0.3 is 4.74 Å². The van der Waals surface area contributed by atoms with E-state index in [9.17, 15) is 4.79 Å². The molecule has 0 N–H and O–H groups in total. The molecule has 0 fully saturated rings. The fraction of sp³-hybridized carbons (Fsp3) is 0.423. The minimum Gasteiger partial charge on any atom is -0.462 e. The lowest BCUT2D eigenvalue weighted by molar-refractivity contribution is 0.0500. The second kappa shape index (κ2) is 8.77. The highest BCUT2D eigenvalue weighted by Crippen LogP contribution is 2.41. The highest BCUT2D eigenvalue weighted by molar-refractivity contribution is 5.96. The number of esters is 1. The molecular formula is C26H32O2. The molecule has 0 atom stereocenters. The maximum atomic E-state index is 12.2. The van der Waals surface area contributed by atoms with Gasteiger partial charge in [0.1, 0.15) is 0 Å². The summed E-state index contributed by atoms with van der Waals surface area (Å²) < 4.78 is 5.32. The first kappa shape index (κ1) is 20.4. The van der Waals surface area contributed by atoms with Crippen molar-refractivity contribution in [1.82, 2.24) is 0 Å². The number of ether oxygens (including phenoxy) is 1. The van der Waals surface area contributed by atoms with Gasteiger partial charge in [-0.1, -0.05) is 63.1 Å². The molecule has 2 nitrogen and oxygen atoms in total. The number of hydrogen-bond acceptors (Lipinski definition) is 2. The molecule has 28 heavy (non-hydrogen) atoms. The minimum atomic E-state index is -0.235. The first-order valence-electron chi connectivity index (χ1n) is 10.5. The van der Waals surface area contributed by atoms with Gasteiger partial charge in [0.2, 0.25) is 0 Å². The Labute approximate surface area is 169 Å². The van der Waals surface area contributed by atoms with Gasteiger partial charge in [-0.2, -0.15) is 0 Å². The van der Waals surface area contributed by atoms with E-state index in [1.807, 2.05) is 18.2 Å². The predicted octanol–water partition coefficient (Wildman–Crippen LogP) is 7.34. The van der Waals surface area contributed by atoms with Crippen LogP contribution in [-0.4, -0.2) is 12.6 Å². The Morgan fingerprint density at radius 1 is 1.11 bits per heavy atom. The van der Waals surface area contributed by atoms with Gasteiger partial charge in [0, 0.05) is 0 Å². The van der Waals surface area contributed by atoms with Crippen LogP contribution in [0.3, 0.4) is 0 Å². The molecule has 0 saturated heterocycles. The van der Waals surface area contributed by atoms with Crippen molar-refractivity contribution in [3.8, 4) is 0 Å². The topological polar surface area (TPSA) is 26.3 Å². The second-order valence-corrected chi connectivity index (χ2v) is 8.58. The van der Waals surface area contributed by atoms with E-state index in [-0.39, 0.29) is 11.4 Å². The van der Waals surface area contributed by atoms with Crippen LogP contribution in [0.25, 0.3) is 16.8 Å². The molecule has 2 aromatic rings. The molecule has 1 aliphatic carbocycles. The summed E-state index contributed by atoms with van der Waals surface area (Å²) in [6, 6.07) is 12.2. The fourth-order valence-corrected chi connectivity index (χ4v) is 4.08. The SMILES string of the molecule is CCCCOC(=O)c1ccc2cc(/C=C/C3=C(C)CCCC3(C)C)ccc2c1. The number of unbranched alkanes of at least 4 members (excludes halogenated alkanes) is 1. The summed E-state index contributed by atoms with van der Waals surface area (Å²) in [7, 11) is 0. The lowest BCUT2D eigenvalue weighted by Gasteiger charge is -2.32. The third-order valence-electron chi connectivity index (χ3n) is 5.82. The van der Waals surface area contributed by atoms with E-state index in [0.717, 1.165) is 23.6 Å². The van der Waals surface area contributed by atoms with Crippen LogP contribution in [0.2, 0.25) is 0 Å². The van der Waals surface area contributed by atoms with Crippen LogP contribution in [0.15, 0.2) is 53.6 Å². The molecule has 2 heteroatoms. The smallest absolute Gasteiger partial charge is 0.338 e. The molecule has 0 unspecified atom stereocenters. The Kier molecular flexibility index (Phi) is 6.39. The van der Waals surface area contributed by atoms with Gasteiger partial charge in [0.25, 0.3) is 0 Å². The van der Waals surface area contributed by atoms with Crippen LogP contribution in [0.5, 0.6) is 0 Å². The van der Waals surface area contributed by atoms with Crippen molar-refractivity contribution in [2.75, 3.05) is 6.61 Å². The lowest BCUT2D eigenvalue weighted by atomic mass is 9.72. The van der Waals surface area contributed by atoms with Gasteiger partial charge in [-0.05, 0) is 78.1 Å². The van der Waals surface area contributed by atoms with Crippen LogP contribution >= 0.6 is 0 Å². The summed E-state index contributed by atoms with van der Waals surface area (Å²) in [4.78, 5) is 12.2. The first-order chi connectivity index (χ1) is 13.4. The average Bonchev–Trinajstić information content (AvgIpc) is 2.66. The molecule has 1 aliphatic rings. The molecule has 0 heterocycles. The number of allylic oxidation sites excluding steroid dienone is 3. The Balaban J connectivity index is 1.79. The Morgan fingerprint density at radius 3 is 2.61 bits per heavy atom. The van der Waals surface area contributed by atoms with E-state index in [1.165, 1.54) is 36.0 Å². The highest BCUT2D eigenvalue weighted by atomic mass is 16.5. The monoisotopic (exact) mass is 376 g/mol. The Hall–Kier alpha value is -2.35. The molecule has 0 spiro atoms. The molecule has 0 radical (unpaired) electrons. The van der Waals surface area contributed by atoms with Crippen LogP contribution < -0.4 is 0 Å². The van der Waals surface area contributed by atoms with Gasteiger partial charge in [0.05, 0.1) is 12.2 Å². The van der Waals surface area contributed by atoms with Crippen molar-refractivity contribution >= 4 is 22.8 Å². The quantitative estimate of drug-likeness (QED) is 0.389. The van der Waals surface area contributed by atoms with E-state index in [2.05, 4.69) is 58.0 Å². The van der Waals surface area contributed by atoms with Crippen molar-refractivity contribution in [3.63, 3.8) is 0 Å². The summed E-state index contributed by atoms with van der Waals surface area (Å²) in [5.74, 6) is -0.235. The van der Waals surface area contributed by atoms with Crippen LogP contribution in [0.1, 0.15) is 75.7 Å². The molecule has 0 bridgehead atoms. The van der Waals surface area contributed by atoms with E-state index in [1.54, 1.807) is 0 Å². The normalized spacial score (nSPS) is 16.7. The fourth-order valence-electron chi connectivity index (χ4n) is 4.08. The molecule has 148 valence electrons. The number of fused-ring (bicyclic) bond motifs is 1. The summed E-state index contributed by atoms with van der Waals surface area (Å²) in [6.07, 6.45) is 10.2. The number of carbonyl (C=O) groups excluding carboxylic acids is 1. The molecule has 0 amide bonds. The summed E-state index contributed by atoms with van der Waals surface area (Å²) in [5.41, 5.74) is 5.05. The first-order valence-corrected chi connectivity index (χ1v) is 10.5. The highest BCUT2D eigenvalue weighted by Gasteiger charge is 2.26. The van der Waals surface area contributed by atoms with Crippen molar-refractivity contribution in [2.24, 2.45) is 5.41 Å². The zero-order valence-electron chi connectivity index (χ0n) is 17.7. The molecule has 0 aromatic heterocycles. The Morgan fingerprint density at radius 2 is 1.86 bits per heavy atom. The lowest BCUT2D eigenvalue weighted by Crippen LogP contribution is -2.18. The van der Waals surface area contributed by atoms with Crippen LogP contribution in [0, 0.1) is 5.41 Å². The van der Waals surface area contributed by atoms with E-state index in [4.69, 9.17) is 4.74 Å². The zero-order valence-corrected chi connectivity index (χ0v) is 17.7. The maximum absolute atomic E-state index is 12.2. The van der Waals surface area contributed by atoms with E-state index in [0.29, 0.717) is 12.2 Å². The van der Waals surface area contributed by atoms with Gasteiger partial charge >= 0.3 is 5.97 Å². The van der Waals surface area contributed by atoms with E-state index < -0.39 is 0 Å². The largest absolute Gasteiger partial charge is 0.462 e. The van der Waals surface area contributed by atoms with Gasteiger partial charge in [-0.25, -0.2) is 4.79 Å². The number of rotatable bonds is 6. The van der Waals surface area contributed by atoms with Gasteiger partial charge in [0.15, 0.2) is 0 Å². The molecule has 0 saturated carbocycles. The van der Waals surface area contributed by atoms with Crippen molar-refractivity contribution in [1.29, 1.82) is 0 Å². The third-order valence-corrected chi connectivity index (χ3v) is 5.82. The number of carbonyl (C=O) groups is 1. The second-order valence-electron chi connectivity index (χ2n) is 8.58. The third kappa shape index (κ3) is 4.73. The number of hydrogen-bond donors (Lipinski definition) is 0. The van der Waals surface area contributed by atoms with E-state index >= 15 is 0 Å². The molecule has 3 rings (SSSR count). The van der Waals surface area contributed by atoms with Crippen LogP contribution in [-0.2, 0) is 4.74 Å². The van der Waals surface area contributed by atoms with Crippen molar-refractivity contribution < 1.29 is 9.53 Å². The summed E-state index contributed by atoms with van der Waals surface area (Å²) >= 11 is 0. The standard InChI is InChI=1S/C26H32O2/c1-5-6-16-28-25(27)23-13-12-21-17-20(9-11-22(21)18-23)10-14-24-19(2)8-7-15-26(24,3)4/h9-14,17-18H,5-8,15-16H2,1-4H3/b14-10+. The Bertz CT molecular complexity index is 915.